The third kappa shape index (κ3) is 2.76. The number of hydrogen-bond donors (Lipinski definition) is 1. The first-order valence-corrected chi connectivity index (χ1v) is 7.35. The summed E-state index contributed by atoms with van der Waals surface area (Å²) in [6, 6.07) is 17.7. The highest BCUT2D eigenvalue weighted by Crippen LogP contribution is 2.23. The van der Waals surface area contributed by atoms with Gasteiger partial charge in [0.05, 0.1) is 11.9 Å². The number of benzene rings is 2. The van der Waals surface area contributed by atoms with Crippen LogP contribution in [-0.2, 0) is 0 Å². The van der Waals surface area contributed by atoms with Crippen LogP contribution in [0.2, 0.25) is 0 Å². The fourth-order valence-electron chi connectivity index (χ4n) is 2.04. The molecule has 0 aliphatic carbocycles. The van der Waals surface area contributed by atoms with Crippen molar-refractivity contribution in [2.45, 2.75) is 6.10 Å². The molecule has 1 N–H and O–H groups in total. The van der Waals surface area contributed by atoms with E-state index >= 15 is 0 Å². The number of aliphatic hydroxyl groups excluding tert-OH is 1. The van der Waals surface area contributed by atoms with Gasteiger partial charge in [0.25, 0.3) is 0 Å². The molecule has 0 bridgehead atoms. The van der Waals surface area contributed by atoms with E-state index in [9.17, 15) is 5.11 Å². The number of para-hydroxylation sites is 1. The third-order valence-electron chi connectivity index (χ3n) is 3.12. The van der Waals surface area contributed by atoms with Crippen LogP contribution in [0.1, 0.15) is 17.2 Å². The molecular weight excluding hydrogens is 363 g/mol. The van der Waals surface area contributed by atoms with Crippen molar-refractivity contribution in [1.29, 1.82) is 0 Å². The average Bonchev–Trinajstić information content (AvgIpc) is 2.98. The van der Waals surface area contributed by atoms with Crippen molar-refractivity contribution in [3.63, 3.8) is 0 Å². The Labute approximate surface area is 131 Å². The van der Waals surface area contributed by atoms with Crippen LogP contribution in [0.4, 0.5) is 0 Å². The van der Waals surface area contributed by atoms with Crippen LogP contribution >= 0.6 is 22.6 Å². The van der Waals surface area contributed by atoms with Crippen molar-refractivity contribution < 1.29 is 5.11 Å². The van der Waals surface area contributed by atoms with Crippen molar-refractivity contribution in [2.75, 3.05) is 0 Å². The Morgan fingerprint density at radius 1 is 0.950 bits per heavy atom. The summed E-state index contributed by atoms with van der Waals surface area (Å²) in [5.41, 5.74) is 2.64. The maximum atomic E-state index is 10.4. The van der Waals surface area contributed by atoms with Crippen molar-refractivity contribution in [2.24, 2.45) is 0 Å². The predicted molar refractivity (Wildman–Crippen MR) is 86.8 cm³/mol. The average molecular weight is 376 g/mol. The van der Waals surface area contributed by atoms with Gasteiger partial charge in [-0.3, -0.25) is 0 Å². The molecule has 0 amide bonds. The standard InChI is InChI=1S/C16H13IN2O/c17-14-8-6-12(7-9-14)16(20)13-10-18-19(11-13)15-4-2-1-3-5-15/h1-11,16,20H. The van der Waals surface area contributed by atoms with Gasteiger partial charge in [-0.2, -0.15) is 5.10 Å². The third-order valence-corrected chi connectivity index (χ3v) is 3.84. The lowest BCUT2D eigenvalue weighted by Crippen LogP contribution is -1.98. The molecule has 1 aromatic heterocycles. The minimum atomic E-state index is -0.649. The number of aromatic nitrogens is 2. The van der Waals surface area contributed by atoms with E-state index in [1.165, 1.54) is 0 Å². The highest BCUT2D eigenvalue weighted by molar-refractivity contribution is 14.1. The van der Waals surface area contributed by atoms with Crippen molar-refractivity contribution in [3.05, 3.63) is 81.7 Å². The first kappa shape index (κ1) is 13.3. The summed E-state index contributed by atoms with van der Waals surface area (Å²) in [7, 11) is 0. The summed E-state index contributed by atoms with van der Waals surface area (Å²) in [6.07, 6.45) is 2.91. The lowest BCUT2D eigenvalue weighted by Gasteiger charge is -2.08. The zero-order valence-electron chi connectivity index (χ0n) is 10.6. The first-order valence-electron chi connectivity index (χ1n) is 6.27. The van der Waals surface area contributed by atoms with Crippen LogP contribution < -0.4 is 0 Å². The van der Waals surface area contributed by atoms with Gasteiger partial charge in [-0.05, 0) is 52.4 Å². The van der Waals surface area contributed by atoms with Gasteiger partial charge >= 0.3 is 0 Å². The molecule has 0 fully saturated rings. The topological polar surface area (TPSA) is 38.1 Å². The predicted octanol–water partition coefficient (Wildman–Crippen LogP) is 3.56. The summed E-state index contributed by atoms with van der Waals surface area (Å²) >= 11 is 2.25. The monoisotopic (exact) mass is 376 g/mol. The molecule has 1 atom stereocenters. The molecule has 0 saturated carbocycles. The Balaban J connectivity index is 1.88. The molecule has 3 rings (SSSR count). The Kier molecular flexibility index (Phi) is 3.84. The zero-order valence-corrected chi connectivity index (χ0v) is 12.8. The van der Waals surface area contributed by atoms with Crippen molar-refractivity contribution >= 4 is 22.6 Å². The number of aliphatic hydroxyl groups is 1. The maximum absolute atomic E-state index is 10.4. The Bertz CT molecular complexity index is 692. The Morgan fingerprint density at radius 2 is 1.65 bits per heavy atom. The van der Waals surface area contributed by atoms with E-state index in [0.29, 0.717) is 0 Å². The summed E-state index contributed by atoms with van der Waals surface area (Å²) < 4.78 is 2.92. The lowest BCUT2D eigenvalue weighted by molar-refractivity contribution is 0.220. The molecule has 100 valence electrons. The highest BCUT2D eigenvalue weighted by atomic mass is 127. The van der Waals surface area contributed by atoms with Gasteiger partial charge < -0.3 is 5.11 Å². The van der Waals surface area contributed by atoms with Crippen LogP contribution in [-0.4, -0.2) is 14.9 Å². The normalized spacial score (nSPS) is 12.3. The van der Waals surface area contributed by atoms with E-state index in [4.69, 9.17) is 0 Å². The lowest BCUT2D eigenvalue weighted by atomic mass is 10.1. The smallest absolute Gasteiger partial charge is 0.107 e. The summed E-state index contributed by atoms with van der Waals surface area (Å²) in [5, 5.41) is 14.7. The molecule has 0 saturated heterocycles. The Hall–Kier alpha value is -1.66. The molecule has 4 heteroatoms. The summed E-state index contributed by atoms with van der Waals surface area (Å²) in [4.78, 5) is 0. The van der Waals surface area contributed by atoms with E-state index in [2.05, 4.69) is 27.7 Å². The zero-order chi connectivity index (χ0) is 13.9. The van der Waals surface area contributed by atoms with Crippen LogP contribution in [0.5, 0.6) is 0 Å². The fraction of sp³-hybridized carbons (Fsp3) is 0.0625. The van der Waals surface area contributed by atoms with Crippen LogP contribution in [0, 0.1) is 3.57 Å². The second-order valence-electron chi connectivity index (χ2n) is 4.51. The second kappa shape index (κ2) is 5.76. The van der Waals surface area contributed by atoms with Gasteiger partial charge in [-0.25, -0.2) is 4.68 Å². The van der Waals surface area contributed by atoms with Crippen LogP contribution in [0.15, 0.2) is 67.0 Å². The molecule has 0 radical (unpaired) electrons. The molecule has 3 aromatic rings. The largest absolute Gasteiger partial charge is 0.384 e. The number of hydrogen-bond acceptors (Lipinski definition) is 2. The van der Waals surface area contributed by atoms with Gasteiger partial charge in [0.15, 0.2) is 0 Å². The molecule has 0 aliphatic rings. The molecule has 1 unspecified atom stereocenters. The second-order valence-corrected chi connectivity index (χ2v) is 5.75. The number of nitrogens with zero attached hydrogens (tertiary/aromatic N) is 2. The molecule has 0 spiro atoms. The molecule has 0 aliphatic heterocycles. The van der Waals surface area contributed by atoms with E-state index in [-0.39, 0.29) is 0 Å². The van der Waals surface area contributed by atoms with Gasteiger partial charge in [-0.1, -0.05) is 30.3 Å². The molecule has 1 heterocycles. The van der Waals surface area contributed by atoms with Crippen molar-refractivity contribution in [3.8, 4) is 5.69 Å². The SMILES string of the molecule is OC(c1ccc(I)cc1)c1cnn(-c2ccccc2)c1. The van der Waals surface area contributed by atoms with Gasteiger partial charge in [0.2, 0.25) is 0 Å². The molecular formula is C16H13IN2O. The van der Waals surface area contributed by atoms with E-state index in [0.717, 1.165) is 20.4 Å². The van der Waals surface area contributed by atoms with Crippen LogP contribution in [0.3, 0.4) is 0 Å². The summed E-state index contributed by atoms with van der Waals surface area (Å²) in [5.74, 6) is 0. The fourth-order valence-corrected chi connectivity index (χ4v) is 2.40. The minimum absolute atomic E-state index is 0.649. The number of rotatable bonds is 3. The Morgan fingerprint density at radius 3 is 2.35 bits per heavy atom. The minimum Gasteiger partial charge on any atom is -0.384 e. The van der Waals surface area contributed by atoms with E-state index in [1.807, 2.05) is 60.8 Å². The van der Waals surface area contributed by atoms with Gasteiger partial charge in [-0.15, -0.1) is 0 Å². The van der Waals surface area contributed by atoms with E-state index < -0.39 is 6.10 Å². The number of halogens is 1. The molecule has 20 heavy (non-hydrogen) atoms. The van der Waals surface area contributed by atoms with Crippen LogP contribution in [0.25, 0.3) is 5.69 Å². The quantitative estimate of drug-likeness (QED) is 0.710. The molecule has 3 nitrogen and oxygen atoms in total. The maximum Gasteiger partial charge on any atom is 0.107 e. The van der Waals surface area contributed by atoms with Crippen molar-refractivity contribution in [1.82, 2.24) is 9.78 Å². The van der Waals surface area contributed by atoms with E-state index in [1.54, 1.807) is 10.9 Å². The first-order chi connectivity index (χ1) is 9.74. The van der Waals surface area contributed by atoms with Gasteiger partial charge in [0.1, 0.15) is 6.10 Å². The highest BCUT2D eigenvalue weighted by Gasteiger charge is 2.12. The van der Waals surface area contributed by atoms with Gasteiger partial charge in [0, 0.05) is 15.3 Å². The summed E-state index contributed by atoms with van der Waals surface area (Å²) in [6.45, 7) is 0. The molecule has 2 aromatic carbocycles.